The Hall–Kier alpha value is -3.85. The number of nitrogens with zero attached hydrogens (tertiary/aromatic N) is 2. The lowest BCUT2D eigenvalue weighted by Gasteiger charge is -2.35. The maximum atomic E-state index is 14.5. The second-order valence-electron chi connectivity index (χ2n) is 11.9. The Bertz CT molecular complexity index is 1720. The lowest BCUT2D eigenvalue weighted by atomic mass is 10.0. The predicted octanol–water partition coefficient (Wildman–Crippen LogP) is 7.05. The van der Waals surface area contributed by atoms with E-state index in [0.29, 0.717) is 10.0 Å². The molecule has 45 heavy (non-hydrogen) atoms. The van der Waals surface area contributed by atoms with E-state index < -0.39 is 34.1 Å². The second-order valence-corrected chi connectivity index (χ2v) is 14.6. The molecule has 1 N–H and O–H groups in total. The van der Waals surface area contributed by atoms with Gasteiger partial charge in [-0.25, -0.2) is 8.42 Å². The number of hydrogen-bond donors (Lipinski definition) is 1. The molecule has 0 saturated carbocycles. The lowest BCUT2D eigenvalue weighted by molar-refractivity contribution is -0.140. The summed E-state index contributed by atoms with van der Waals surface area (Å²) in [7, 11) is -4.22. The molecule has 0 aliphatic heterocycles. The number of carbonyl (C=O) groups excluding carboxylic acids is 2. The molecule has 2 amide bonds. The minimum absolute atomic E-state index is 0.0245. The maximum Gasteiger partial charge on any atom is 0.264 e. The van der Waals surface area contributed by atoms with Gasteiger partial charge in [0.25, 0.3) is 10.0 Å². The van der Waals surface area contributed by atoms with Crippen molar-refractivity contribution in [2.75, 3.05) is 10.8 Å². The van der Waals surface area contributed by atoms with Crippen molar-refractivity contribution in [1.29, 1.82) is 0 Å². The van der Waals surface area contributed by atoms with Crippen LogP contribution in [-0.2, 0) is 32.6 Å². The standard InChI is InChI=1S/C35H37Cl2N3O4S/c1-25-13-19-31(20-14-25)45(43,44)40(30-12-8-11-29(37)22-30)24-33(41)39(23-27-15-17-28(36)18-16-27)32(34(42)38-35(2,3)4)21-26-9-6-5-7-10-26/h5-20,22,32H,21,23-24H2,1-4H3,(H,38,42)/t32-/m0/s1. The average molecular weight is 667 g/mol. The first kappa shape index (κ1) is 34.0. The van der Waals surface area contributed by atoms with Crippen LogP contribution in [0.5, 0.6) is 0 Å². The minimum atomic E-state index is -4.22. The van der Waals surface area contributed by atoms with Crippen molar-refractivity contribution in [2.45, 2.75) is 57.1 Å². The summed E-state index contributed by atoms with van der Waals surface area (Å²) >= 11 is 12.4. The third-order valence-corrected chi connectivity index (χ3v) is 9.29. The van der Waals surface area contributed by atoms with Crippen molar-refractivity contribution in [3.8, 4) is 0 Å². The first-order valence-corrected chi connectivity index (χ1v) is 16.7. The van der Waals surface area contributed by atoms with E-state index in [1.54, 1.807) is 54.6 Å². The molecule has 0 aliphatic carbocycles. The fourth-order valence-corrected chi connectivity index (χ4v) is 6.51. The van der Waals surface area contributed by atoms with Crippen LogP contribution in [0.2, 0.25) is 10.0 Å². The smallest absolute Gasteiger partial charge is 0.264 e. The summed E-state index contributed by atoms with van der Waals surface area (Å²) in [6, 6.07) is 28.2. The molecule has 4 aromatic rings. The highest BCUT2D eigenvalue weighted by atomic mass is 35.5. The molecule has 0 heterocycles. The minimum Gasteiger partial charge on any atom is -0.350 e. The molecule has 0 aliphatic rings. The number of anilines is 1. The first-order valence-electron chi connectivity index (χ1n) is 14.5. The lowest BCUT2D eigenvalue weighted by Crippen LogP contribution is -2.56. The zero-order chi connectivity index (χ0) is 32.8. The van der Waals surface area contributed by atoms with Crippen LogP contribution in [-0.4, -0.2) is 43.3 Å². The molecule has 4 aromatic carbocycles. The van der Waals surface area contributed by atoms with Gasteiger partial charge in [-0.05, 0) is 81.3 Å². The van der Waals surface area contributed by atoms with E-state index in [4.69, 9.17) is 23.2 Å². The maximum absolute atomic E-state index is 14.5. The highest BCUT2D eigenvalue weighted by molar-refractivity contribution is 7.92. The fourth-order valence-electron chi connectivity index (χ4n) is 4.79. The van der Waals surface area contributed by atoms with Crippen LogP contribution in [0.1, 0.15) is 37.5 Å². The number of rotatable bonds is 11. The second kappa shape index (κ2) is 14.5. The molecule has 4 rings (SSSR count). The van der Waals surface area contributed by atoms with Gasteiger partial charge in [0.05, 0.1) is 10.6 Å². The van der Waals surface area contributed by atoms with Crippen molar-refractivity contribution >= 4 is 50.7 Å². The van der Waals surface area contributed by atoms with Gasteiger partial charge in [-0.2, -0.15) is 0 Å². The van der Waals surface area contributed by atoms with Gasteiger partial charge in [-0.15, -0.1) is 0 Å². The van der Waals surface area contributed by atoms with Crippen LogP contribution in [0.25, 0.3) is 0 Å². The number of halogens is 2. The Morgan fingerprint density at radius 3 is 2.04 bits per heavy atom. The Morgan fingerprint density at radius 1 is 0.800 bits per heavy atom. The van der Waals surface area contributed by atoms with Gasteiger partial charge >= 0.3 is 0 Å². The summed E-state index contributed by atoms with van der Waals surface area (Å²) in [6.45, 7) is 6.93. The van der Waals surface area contributed by atoms with Gasteiger partial charge < -0.3 is 10.2 Å². The number of benzene rings is 4. The van der Waals surface area contributed by atoms with E-state index in [-0.39, 0.29) is 29.5 Å². The monoisotopic (exact) mass is 665 g/mol. The van der Waals surface area contributed by atoms with E-state index in [9.17, 15) is 18.0 Å². The zero-order valence-electron chi connectivity index (χ0n) is 25.7. The van der Waals surface area contributed by atoms with E-state index in [1.165, 1.54) is 23.1 Å². The van der Waals surface area contributed by atoms with Crippen molar-refractivity contribution in [2.24, 2.45) is 0 Å². The van der Waals surface area contributed by atoms with Crippen LogP contribution in [0.3, 0.4) is 0 Å². The normalized spacial score (nSPS) is 12.3. The topological polar surface area (TPSA) is 86.8 Å². The van der Waals surface area contributed by atoms with Crippen LogP contribution in [0, 0.1) is 6.92 Å². The van der Waals surface area contributed by atoms with E-state index in [2.05, 4.69) is 5.32 Å². The quantitative estimate of drug-likeness (QED) is 0.186. The first-order chi connectivity index (χ1) is 21.2. The Kier molecular flexibility index (Phi) is 11.0. The molecule has 10 heteroatoms. The summed E-state index contributed by atoms with van der Waals surface area (Å²) in [5, 5.41) is 3.86. The molecule has 0 bridgehead atoms. The number of hydrogen-bond acceptors (Lipinski definition) is 4. The van der Waals surface area contributed by atoms with Crippen LogP contribution >= 0.6 is 23.2 Å². The summed E-state index contributed by atoms with van der Waals surface area (Å²) in [4.78, 5) is 29.9. The van der Waals surface area contributed by atoms with E-state index in [0.717, 1.165) is 21.0 Å². The van der Waals surface area contributed by atoms with Crippen LogP contribution in [0.15, 0.2) is 108 Å². The highest BCUT2D eigenvalue weighted by Crippen LogP contribution is 2.27. The molecule has 0 aromatic heterocycles. The van der Waals surface area contributed by atoms with Gasteiger partial charge in [0, 0.05) is 28.5 Å². The molecule has 1 atom stereocenters. The van der Waals surface area contributed by atoms with Crippen LogP contribution < -0.4 is 9.62 Å². The van der Waals surface area contributed by atoms with Crippen molar-refractivity contribution in [3.63, 3.8) is 0 Å². The van der Waals surface area contributed by atoms with Gasteiger partial charge in [0.15, 0.2) is 0 Å². The predicted molar refractivity (Wildman–Crippen MR) is 181 cm³/mol. The summed E-state index contributed by atoms with van der Waals surface area (Å²) in [5.74, 6) is -0.921. The Morgan fingerprint density at radius 2 is 1.44 bits per heavy atom. The van der Waals surface area contributed by atoms with Gasteiger partial charge in [0.1, 0.15) is 12.6 Å². The average Bonchev–Trinajstić information content (AvgIpc) is 2.98. The number of aryl methyl sites for hydroxylation is 1. The van der Waals surface area contributed by atoms with E-state index in [1.807, 2.05) is 58.0 Å². The zero-order valence-corrected chi connectivity index (χ0v) is 28.0. The van der Waals surface area contributed by atoms with Crippen molar-refractivity contribution in [3.05, 3.63) is 130 Å². The largest absolute Gasteiger partial charge is 0.350 e. The third kappa shape index (κ3) is 9.33. The number of amides is 2. The highest BCUT2D eigenvalue weighted by Gasteiger charge is 2.35. The van der Waals surface area contributed by atoms with Gasteiger partial charge in [-0.3, -0.25) is 13.9 Å². The summed E-state index contributed by atoms with van der Waals surface area (Å²) in [6.07, 6.45) is 0.212. The van der Waals surface area contributed by atoms with Crippen molar-refractivity contribution in [1.82, 2.24) is 10.2 Å². The number of carbonyl (C=O) groups is 2. The molecular weight excluding hydrogens is 629 g/mol. The van der Waals surface area contributed by atoms with Gasteiger partial charge in [-0.1, -0.05) is 89.4 Å². The summed E-state index contributed by atoms with van der Waals surface area (Å²) < 4.78 is 29.3. The molecule has 0 fully saturated rings. The molecule has 0 saturated heterocycles. The molecular formula is C35H37Cl2N3O4S. The molecule has 0 unspecified atom stereocenters. The van der Waals surface area contributed by atoms with Crippen LogP contribution in [0.4, 0.5) is 5.69 Å². The summed E-state index contributed by atoms with van der Waals surface area (Å²) in [5.41, 5.74) is 2.11. The van der Waals surface area contributed by atoms with Crippen molar-refractivity contribution < 1.29 is 18.0 Å². The molecule has 0 radical (unpaired) electrons. The van der Waals surface area contributed by atoms with Gasteiger partial charge in [0.2, 0.25) is 11.8 Å². The number of sulfonamides is 1. The fraction of sp³-hybridized carbons (Fsp3) is 0.257. The third-order valence-electron chi connectivity index (χ3n) is 7.02. The van der Waals surface area contributed by atoms with E-state index >= 15 is 0 Å². The molecule has 0 spiro atoms. The Balaban J connectivity index is 1.81. The molecule has 236 valence electrons. The Labute approximate surface area is 275 Å². The number of nitrogens with one attached hydrogen (secondary N) is 1. The molecule has 7 nitrogen and oxygen atoms in total. The SMILES string of the molecule is Cc1ccc(S(=O)(=O)N(CC(=O)N(Cc2ccc(Cl)cc2)[C@@H](Cc2ccccc2)C(=O)NC(C)(C)C)c2cccc(Cl)c2)cc1.